The lowest BCUT2D eigenvalue weighted by Gasteiger charge is -2.09. The van der Waals surface area contributed by atoms with Crippen molar-refractivity contribution in [2.75, 3.05) is 11.9 Å². The van der Waals surface area contributed by atoms with Gasteiger partial charge in [0, 0.05) is 29.9 Å². The number of anilines is 1. The van der Waals surface area contributed by atoms with E-state index in [4.69, 9.17) is 11.6 Å². The highest BCUT2D eigenvalue weighted by atomic mass is 35.5. The van der Waals surface area contributed by atoms with Gasteiger partial charge in [0.25, 0.3) is 5.91 Å². The molecule has 2 N–H and O–H groups in total. The summed E-state index contributed by atoms with van der Waals surface area (Å²) in [6, 6.07) is 11.0. The first kappa shape index (κ1) is 17.3. The van der Waals surface area contributed by atoms with Gasteiger partial charge < -0.3 is 10.6 Å². The van der Waals surface area contributed by atoms with Crippen LogP contribution < -0.4 is 10.6 Å². The first-order chi connectivity index (χ1) is 11.2. The van der Waals surface area contributed by atoms with Gasteiger partial charge in [0.05, 0.1) is 0 Å². The van der Waals surface area contributed by atoms with Gasteiger partial charge in [-0.3, -0.25) is 4.79 Å². The van der Waals surface area contributed by atoms with Gasteiger partial charge in [-0.2, -0.15) is 0 Å². The van der Waals surface area contributed by atoms with Gasteiger partial charge in [-0.1, -0.05) is 49.6 Å². The van der Waals surface area contributed by atoms with E-state index in [1.54, 1.807) is 18.3 Å². The van der Waals surface area contributed by atoms with Gasteiger partial charge in [-0.15, -0.1) is 0 Å². The molecule has 1 amide bonds. The van der Waals surface area contributed by atoms with Crippen LogP contribution in [0.4, 0.5) is 5.82 Å². The Labute approximate surface area is 142 Å². The minimum absolute atomic E-state index is 0.135. The summed E-state index contributed by atoms with van der Waals surface area (Å²) in [7, 11) is 0. The number of halogens is 1. The quantitative estimate of drug-likeness (QED) is 0.710. The van der Waals surface area contributed by atoms with E-state index in [0.29, 0.717) is 17.1 Å². The Balaban J connectivity index is 1.90. The molecule has 0 aliphatic carbocycles. The van der Waals surface area contributed by atoms with Crippen LogP contribution in [0.15, 0.2) is 42.6 Å². The predicted molar refractivity (Wildman–Crippen MR) is 94.9 cm³/mol. The van der Waals surface area contributed by atoms with E-state index >= 15 is 0 Å². The van der Waals surface area contributed by atoms with Crippen molar-refractivity contribution in [2.24, 2.45) is 0 Å². The molecule has 0 aliphatic rings. The normalized spacial score (nSPS) is 10.3. The van der Waals surface area contributed by atoms with Crippen molar-refractivity contribution < 1.29 is 4.79 Å². The molecule has 1 aromatic carbocycles. The second-order valence-electron chi connectivity index (χ2n) is 5.34. The average Bonchev–Trinajstić information content (AvgIpc) is 2.58. The number of hydrogen-bond acceptors (Lipinski definition) is 3. The third kappa shape index (κ3) is 5.57. The molecule has 4 nitrogen and oxygen atoms in total. The maximum Gasteiger partial charge on any atom is 0.251 e. The van der Waals surface area contributed by atoms with Gasteiger partial charge in [0.1, 0.15) is 5.82 Å². The SMILES string of the molecule is CCCCCNc1cc(C(=O)NCc2ccccc2Cl)ccn1. The molecule has 122 valence electrons. The van der Waals surface area contributed by atoms with Crippen LogP contribution in [0.5, 0.6) is 0 Å². The van der Waals surface area contributed by atoms with Crippen LogP contribution in [-0.2, 0) is 6.54 Å². The second-order valence-corrected chi connectivity index (χ2v) is 5.74. The van der Waals surface area contributed by atoms with E-state index in [0.717, 1.165) is 24.3 Å². The number of rotatable bonds is 8. The molecule has 1 aromatic heterocycles. The molecule has 0 fully saturated rings. The van der Waals surface area contributed by atoms with Crippen LogP contribution in [0.25, 0.3) is 0 Å². The van der Waals surface area contributed by atoms with Crippen molar-refractivity contribution >= 4 is 23.3 Å². The number of nitrogens with one attached hydrogen (secondary N) is 2. The molecular formula is C18H22ClN3O. The molecule has 2 rings (SSSR count). The van der Waals surface area contributed by atoms with Crippen LogP contribution in [-0.4, -0.2) is 17.4 Å². The first-order valence-corrected chi connectivity index (χ1v) is 8.30. The summed E-state index contributed by atoms with van der Waals surface area (Å²) in [6.45, 7) is 3.44. The van der Waals surface area contributed by atoms with Crippen LogP contribution in [0.1, 0.15) is 42.1 Å². The number of benzene rings is 1. The fourth-order valence-electron chi connectivity index (χ4n) is 2.18. The highest BCUT2D eigenvalue weighted by Gasteiger charge is 2.07. The minimum Gasteiger partial charge on any atom is -0.370 e. The molecule has 23 heavy (non-hydrogen) atoms. The summed E-state index contributed by atoms with van der Waals surface area (Å²) in [5.41, 5.74) is 1.49. The molecule has 0 radical (unpaired) electrons. The molecule has 0 atom stereocenters. The number of unbranched alkanes of at least 4 members (excludes halogenated alkanes) is 2. The number of carbonyl (C=O) groups is 1. The lowest BCUT2D eigenvalue weighted by atomic mass is 10.2. The van der Waals surface area contributed by atoms with E-state index in [-0.39, 0.29) is 5.91 Å². The van der Waals surface area contributed by atoms with Crippen molar-refractivity contribution in [2.45, 2.75) is 32.7 Å². The fraction of sp³-hybridized carbons (Fsp3) is 0.333. The van der Waals surface area contributed by atoms with Crippen molar-refractivity contribution in [1.29, 1.82) is 0 Å². The van der Waals surface area contributed by atoms with E-state index in [1.807, 2.05) is 24.3 Å². The Morgan fingerprint density at radius 2 is 2.04 bits per heavy atom. The minimum atomic E-state index is -0.135. The van der Waals surface area contributed by atoms with Crippen LogP contribution in [0, 0.1) is 0 Å². The zero-order valence-corrected chi connectivity index (χ0v) is 14.1. The zero-order chi connectivity index (χ0) is 16.5. The average molecular weight is 332 g/mol. The standard InChI is InChI=1S/C18H22ClN3O/c1-2-3-6-10-20-17-12-14(9-11-21-17)18(23)22-13-15-7-4-5-8-16(15)19/h4-5,7-9,11-12H,2-3,6,10,13H2,1H3,(H,20,21)(H,22,23). The molecule has 0 bridgehead atoms. The van der Waals surface area contributed by atoms with Crippen LogP contribution in [0.3, 0.4) is 0 Å². The predicted octanol–water partition coefficient (Wildman–Crippen LogP) is 4.27. The van der Waals surface area contributed by atoms with Gasteiger partial charge in [-0.05, 0) is 30.2 Å². The van der Waals surface area contributed by atoms with E-state index in [2.05, 4.69) is 22.5 Å². The number of hydrogen-bond donors (Lipinski definition) is 2. The molecule has 0 aliphatic heterocycles. The highest BCUT2D eigenvalue weighted by Crippen LogP contribution is 2.15. The summed E-state index contributed by atoms with van der Waals surface area (Å²) < 4.78 is 0. The molecule has 0 spiro atoms. The summed E-state index contributed by atoms with van der Waals surface area (Å²) in [5, 5.41) is 6.78. The molecule has 5 heteroatoms. The van der Waals surface area contributed by atoms with Crippen molar-refractivity contribution in [3.8, 4) is 0 Å². The third-order valence-electron chi connectivity index (χ3n) is 3.51. The van der Waals surface area contributed by atoms with Crippen LogP contribution >= 0.6 is 11.6 Å². The molecular weight excluding hydrogens is 310 g/mol. The Hall–Kier alpha value is -2.07. The molecule has 1 heterocycles. The summed E-state index contributed by atoms with van der Waals surface area (Å²) in [4.78, 5) is 16.5. The topological polar surface area (TPSA) is 54.0 Å². The zero-order valence-electron chi connectivity index (χ0n) is 13.3. The smallest absolute Gasteiger partial charge is 0.251 e. The second kappa shape index (κ2) is 9.16. The highest BCUT2D eigenvalue weighted by molar-refractivity contribution is 6.31. The van der Waals surface area contributed by atoms with Crippen molar-refractivity contribution in [3.05, 3.63) is 58.7 Å². The number of carbonyl (C=O) groups excluding carboxylic acids is 1. The largest absolute Gasteiger partial charge is 0.370 e. The summed E-state index contributed by atoms with van der Waals surface area (Å²) >= 11 is 6.09. The summed E-state index contributed by atoms with van der Waals surface area (Å²) in [5.74, 6) is 0.593. The number of pyridine rings is 1. The van der Waals surface area contributed by atoms with E-state index < -0.39 is 0 Å². The maximum atomic E-state index is 12.2. The van der Waals surface area contributed by atoms with Gasteiger partial charge in [0.15, 0.2) is 0 Å². The molecule has 0 unspecified atom stereocenters. The van der Waals surface area contributed by atoms with Crippen molar-refractivity contribution in [1.82, 2.24) is 10.3 Å². The summed E-state index contributed by atoms with van der Waals surface area (Å²) in [6.07, 6.45) is 5.11. The van der Waals surface area contributed by atoms with Crippen LogP contribution in [0.2, 0.25) is 5.02 Å². The third-order valence-corrected chi connectivity index (χ3v) is 3.87. The Morgan fingerprint density at radius 3 is 2.83 bits per heavy atom. The van der Waals surface area contributed by atoms with Gasteiger partial charge in [0.2, 0.25) is 0 Å². The lowest BCUT2D eigenvalue weighted by molar-refractivity contribution is 0.0951. The van der Waals surface area contributed by atoms with Crippen molar-refractivity contribution in [3.63, 3.8) is 0 Å². The van der Waals surface area contributed by atoms with Gasteiger partial charge in [-0.25, -0.2) is 4.98 Å². The van der Waals surface area contributed by atoms with E-state index in [9.17, 15) is 4.79 Å². The Morgan fingerprint density at radius 1 is 1.22 bits per heavy atom. The lowest BCUT2D eigenvalue weighted by Crippen LogP contribution is -2.23. The Bertz CT molecular complexity index is 646. The number of amides is 1. The van der Waals surface area contributed by atoms with Gasteiger partial charge >= 0.3 is 0 Å². The first-order valence-electron chi connectivity index (χ1n) is 7.92. The number of aromatic nitrogens is 1. The molecule has 2 aromatic rings. The maximum absolute atomic E-state index is 12.2. The Kier molecular flexibility index (Phi) is 6.88. The number of nitrogens with zero attached hydrogens (tertiary/aromatic N) is 1. The monoisotopic (exact) mass is 331 g/mol. The van der Waals surface area contributed by atoms with E-state index in [1.165, 1.54) is 12.8 Å². The molecule has 0 saturated heterocycles. The fourth-order valence-corrected chi connectivity index (χ4v) is 2.38. The molecule has 0 saturated carbocycles.